The highest BCUT2D eigenvalue weighted by Crippen LogP contribution is 2.32. The van der Waals surface area contributed by atoms with Crippen LogP contribution in [0.5, 0.6) is 5.75 Å². The molecule has 1 aromatic heterocycles. The van der Waals surface area contributed by atoms with E-state index in [-0.39, 0.29) is 0 Å². The Labute approximate surface area is 171 Å². The van der Waals surface area contributed by atoms with E-state index in [0.717, 1.165) is 56.5 Å². The molecule has 2 aromatic rings. The lowest BCUT2D eigenvalue weighted by atomic mass is 9.96. The first kappa shape index (κ1) is 18.8. The van der Waals surface area contributed by atoms with Crippen molar-refractivity contribution in [3.8, 4) is 5.75 Å². The highest BCUT2D eigenvalue weighted by molar-refractivity contribution is 5.41. The molecule has 1 aromatic carbocycles. The van der Waals surface area contributed by atoms with Crippen LogP contribution in [0, 0.1) is 0 Å². The van der Waals surface area contributed by atoms with Crippen LogP contribution < -0.4 is 9.64 Å². The molecule has 0 radical (unpaired) electrons. The standard InChI is InChI=1S/C22H28N4O3/c1-16(18-3-2-17-4-10-29-20(17)12-18)25-6-8-26(9-7-25)21-23-13-19(14-24-21)22(27)5-11-28-15-22/h2-3,12-14,16,27H,4-11,15H2,1H3. The molecule has 4 heterocycles. The summed E-state index contributed by atoms with van der Waals surface area (Å²) >= 11 is 0. The minimum absolute atomic E-state index is 0.319. The van der Waals surface area contributed by atoms with Gasteiger partial charge in [-0.15, -0.1) is 0 Å². The average molecular weight is 396 g/mol. The van der Waals surface area contributed by atoms with Crippen molar-refractivity contribution < 1.29 is 14.6 Å². The van der Waals surface area contributed by atoms with Gasteiger partial charge in [-0.3, -0.25) is 4.90 Å². The van der Waals surface area contributed by atoms with E-state index in [1.807, 2.05) is 0 Å². The Bertz CT molecular complexity index is 859. The highest BCUT2D eigenvalue weighted by atomic mass is 16.5. The Hall–Kier alpha value is -2.22. The van der Waals surface area contributed by atoms with Crippen molar-refractivity contribution in [2.24, 2.45) is 0 Å². The van der Waals surface area contributed by atoms with Crippen molar-refractivity contribution in [3.63, 3.8) is 0 Å². The lowest BCUT2D eigenvalue weighted by Crippen LogP contribution is -2.47. The summed E-state index contributed by atoms with van der Waals surface area (Å²) in [5.41, 5.74) is 2.43. The van der Waals surface area contributed by atoms with Gasteiger partial charge < -0.3 is 19.5 Å². The predicted octanol–water partition coefficient (Wildman–Crippen LogP) is 1.90. The molecular formula is C22H28N4O3. The summed E-state index contributed by atoms with van der Waals surface area (Å²) in [5, 5.41) is 10.6. The molecule has 2 saturated heterocycles. The first-order valence-corrected chi connectivity index (χ1v) is 10.5. The fourth-order valence-electron chi connectivity index (χ4n) is 4.47. The van der Waals surface area contributed by atoms with E-state index in [0.29, 0.717) is 25.7 Å². The minimum atomic E-state index is -0.938. The molecule has 1 N–H and O–H groups in total. The van der Waals surface area contributed by atoms with Gasteiger partial charge in [0.2, 0.25) is 5.95 Å². The summed E-state index contributed by atoms with van der Waals surface area (Å²) in [5.74, 6) is 1.78. The molecule has 7 nitrogen and oxygen atoms in total. The van der Waals surface area contributed by atoms with Gasteiger partial charge in [-0.2, -0.15) is 0 Å². The second-order valence-electron chi connectivity index (χ2n) is 8.27. The van der Waals surface area contributed by atoms with Crippen LogP contribution in [0.2, 0.25) is 0 Å². The van der Waals surface area contributed by atoms with E-state index >= 15 is 0 Å². The lowest BCUT2D eigenvalue weighted by molar-refractivity contribution is 0.0226. The van der Waals surface area contributed by atoms with Gasteiger partial charge in [-0.25, -0.2) is 9.97 Å². The highest BCUT2D eigenvalue weighted by Gasteiger charge is 2.35. The van der Waals surface area contributed by atoms with Gasteiger partial charge in [-0.05, 0) is 24.1 Å². The molecule has 154 valence electrons. The van der Waals surface area contributed by atoms with Crippen LogP contribution in [-0.2, 0) is 16.8 Å². The monoisotopic (exact) mass is 396 g/mol. The molecule has 0 bridgehead atoms. The third kappa shape index (κ3) is 3.58. The average Bonchev–Trinajstić information content (AvgIpc) is 3.42. The largest absolute Gasteiger partial charge is 0.493 e. The van der Waals surface area contributed by atoms with E-state index < -0.39 is 5.60 Å². The Morgan fingerprint density at radius 1 is 1.10 bits per heavy atom. The summed E-state index contributed by atoms with van der Waals surface area (Å²) in [6, 6.07) is 7.01. The summed E-state index contributed by atoms with van der Waals surface area (Å²) in [7, 11) is 0. The van der Waals surface area contributed by atoms with Crippen molar-refractivity contribution in [3.05, 3.63) is 47.3 Å². The number of hydrogen-bond donors (Lipinski definition) is 1. The molecule has 7 heteroatoms. The second-order valence-corrected chi connectivity index (χ2v) is 8.27. The molecule has 0 spiro atoms. The summed E-state index contributed by atoms with van der Waals surface area (Å²) in [6.07, 6.45) is 5.11. The first-order valence-electron chi connectivity index (χ1n) is 10.5. The topological polar surface area (TPSA) is 71.0 Å². The van der Waals surface area contributed by atoms with Gasteiger partial charge in [0, 0.05) is 69.6 Å². The Kier molecular flexibility index (Phi) is 4.89. The van der Waals surface area contributed by atoms with Gasteiger partial charge in [0.25, 0.3) is 0 Å². The van der Waals surface area contributed by atoms with Crippen LogP contribution >= 0.6 is 0 Å². The molecule has 29 heavy (non-hydrogen) atoms. The minimum Gasteiger partial charge on any atom is -0.493 e. The molecule has 5 rings (SSSR count). The molecule has 2 fully saturated rings. The van der Waals surface area contributed by atoms with Gasteiger partial charge in [0.1, 0.15) is 11.4 Å². The summed E-state index contributed by atoms with van der Waals surface area (Å²) in [6.45, 7) is 7.66. The number of nitrogens with zero attached hydrogens (tertiary/aromatic N) is 4. The van der Waals surface area contributed by atoms with E-state index in [9.17, 15) is 5.11 Å². The fourth-order valence-corrected chi connectivity index (χ4v) is 4.47. The molecule has 2 unspecified atom stereocenters. The van der Waals surface area contributed by atoms with Crippen LogP contribution in [0.3, 0.4) is 0 Å². The Morgan fingerprint density at radius 2 is 1.90 bits per heavy atom. The zero-order valence-corrected chi connectivity index (χ0v) is 16.9. The number of benzene rings is 1. The zero-order valence-electron chi connectivity index (χ0n) is 16.9. The normalized spacial score (nSPS) is 25.7. The number of rotatable bonds is 4. The van der Waals surface area contributed by atoms with Crippen molar-refractivity contribution in [1.82, 2.24) is 14.9 Å². The molecule has 0 aliphatic carbocycles. The molecular weight excluding hydrogens is 368 g/mol. The van der Waals surface area contributed by atoms with E-state index in [2.05, 4.69) is 44.9 Å². The summed E-state index contributed by atoms with van der Waals surface area (Å²) in [4.78, 5) is 13.8. The number of piperazine rings is 1. The van der Waals surface area contributed by atoms with Gasteiger partial charge in [0.05, 0.1) is 13.2 Å². The van der Waals surface area contributed by atoms with Crippen molar-refractivity contribution in [2.45, 2.75) is 31.4 Å². The number of aliphatic hydroxyl groups is 1. The van der Waals surface area contributed by atoms with Crippen LogP contribution in [0.15, 0.2) is 30.6 Å². The molecule has 2 atom stereocenters. The van der Waals surface area contributed by atoms with Gasteiger partial charge in [0.15, 0.2) is 0 Å². The summed E-state index contributed by atoms with van der Waals surface area (Å²) < 4.78 is 11.1. The maximum Gasteiger partial charge on any atom is 0.225 e. The number of anilines is 1. The van der Waals surface area contributed by atoms with Crippen LogP contribution in [0.25, 0.3) is 0 Å². The van der Waals surface area contributed by atoms with Crippen molar-refractivity contribution in [1.29, 1.82) is 0 Å². The van der Waals surface area contributed by atoms with Crippen LogP contribution in [-0.4, -0.2) is 66.0 Å². The second kappa shape index (κ2) is 7.55. The van der Waals surface area contributed by atoms with Crippen LogP contribution in [0.4, 0.5) is 5.95 Å². The maximum atomic E-state index is 10.6. The number of ether oxygens (including phenoxy) is 2. The quantitative estimate of drug-likeness (QED) is 0.846. The number of aromatic nitrogens is 2. The molecule has 3 aliphatic heterocycles. The van der Waals surface area contributed by atoms with Crippen molar-refractivity contribution >= 4 is 5.95 Å². The molecule has 0 amide bonds. The molecule has 3 aliphatic rings. The smallest absolute Gasteiger partial charge is 0.225 e. The Morgan fingerprint density at radius 3 is 2.62 bits per heavy atom. The predicted molar refractivity (Wildman–Crippen MR) is 109 cm³/mol. The number of hydrogen-bond acceptors (Lipinski definition) is 7. The van der Waals surface area contributed by atoms with E-state index in [4.69, 9.17) is 9.47 Å². The van der Waals surface area contributed by atoms with Crippen LogP contribution in [0.1, 0.15) is 36.1 Å². The lowest BCUT2D eigenvalue weighted by Gasteiger charge is -2.38. The number of fused-ring (bicyclic) bond motifs is 1. The van der Waals surface area contributed by atoms with E-state index in [1.54, 1.807) is 12.4 Å². The fraction of sp³-hybridized carbons (Fsp3) is 0.545. The SMILES string of the molecule is CC(c1ccc2c(c1)OCC2)N1CCN(c2ncc(C3(O)CCOC3)cn2)CC1. The molecule has 0 saturated carbocycles. The third-order valence-corrected chi connectivity index (χ3v) is 6.52. The van der Waals surface area contributed by atoms with Gasteiger partial charge in [-0.1, -0.05) is 12.1 Å². The van der Waals surface area contributed by atoms with E-state index in [1.165, 1.54) is 11.1 Å². The Balaban J connectivity index is 1.21. The van der Waals surface area contributed by atoms with Gasteiger partial charge >= 0.3 is 0 Å². The third-order valence-electron chi connectivity index (χ3n) is 6.52. The zero-order chi connectivity index (χ0) is 19.8. The first-order chi connectivity index (χ1) is 14.1. The maximum absolute atomic E-state index is 10.6. The van der Waals surface area contributed by atoms with Crippen molar-refractivity contribution in [2.75, 3.05) is 50.9 Å².